The molecule has 2 aromatic carbocycles. The van der Waals surface area contributed by atoms with E-state index in [9.17, 15) is 4.79 Å². The number of aryl methyl sites for hydroxylation is 1. The van der Waals surface area contributed by atoms with Gasteiger partial charge in [-0.1, -0.05) is 45.0 Å². The SMILES string of the molecule is Cc1cccc(OC(C)C(=O)Nc2ccc(C(C)(C)C)cc2)c1. The molecular formula is C20H25NO2. The van der Waals surface area contributed by atoms with Gasteiger partial charge in [-0.3, -0.25) is 4.79 Å². The van der Waals surface area contributed by atoms with E-state index in [0.717, 1.165) is 11.3 Å². The van der Waals surface area contributed by atoms with Crippen LogP contribution in [0.2, 0.25) is 0 Å². The molecule has 122 valence electrons. The van der Waals surface area contributed by atoms with E-state index in [-0.39, 0.29) is 11.3 Å². The van der Waals surface area contributed by atoms with E-state index in [0.29, 0.717) is 5.75 Å². The Morgan fingerprint density at radius 1 is 1.09 bits per heavy atom. The second kappa shape index (κ2) is 6.86. The van der Waals surface area contributed by atoms with Crippen molar-refractivity contribution in [1.82, 2.24) is 0 Å². The average Bonchev–Trinajstić information content (AvgIpc) is 2.46. The highest BCUT2D eigenvalue weighted by atomic mass is 16.5. The Morgan fingerprint density at radius 2 is 1.74 bits per heavy atom. The number of amides is 1. The summed E-state index contributed by atoms with van der Waals surface area (Å²) in [7, 11) is 0. The van der Waals surface area contributed by atoms with Crippen molar-refractivity contribution in [2.75, 3.05) is 5.32 Å². The highest BCUT2D eigenvalue weighted by Crippen LogP contribution is 2.23. The van der Waals surface area contributed by atoms with E-state index >= 15 is 0 Å². The summed E-state index contributed by atoms with van der Waals surface area (Å²) in [5.41, 5.74) is 3.22. The fourth-order valence-electron chi connectivity index (χ4n) is 2.24. The van der Waals surface area contributed by atoms with Crippen molar-refractivity contribution in [3.63, 3.8) is 0 Å². The zero-order valence-corrected chi connectivity index (χ0v) is 14.5. The van der Waals surface area contributed by atoms with Crippen LogP contribution in [0.4, 0.5) is 5.69 Å². The first kappa shape index (κ1) is 17.1. The first-order valence-corrected chi connectivity index (χ1v) is 7.90. The topological polar surface area (TPSA) is 38.3 Å². The maximum Gasteiger partial charge on any atom is 0.265 e. The molecule has 0 aliphatic heterocycles. The number of ether oxygens (including phenoxy) is 1. The number of hydrogen-bond acceptors (Lipinski definition) is 2. The predicted molar refractivity (Wildman–Crippen MR) is 95.0 cm³/mol. The van der Waals surface area contributed by atoms with Gasteiger partial charge in [0.1, 0.15) is 5.75 Å². The highest BCUT2D eigenvalue weighted by molar-refractivity contribution is 5.94. The third-order valence-corrected chi connectivity index (χ3v) is 3.69. The summed E-state index contributed by atoms with van der Waals surface area (Å²) in [5, 5.41) is 2.89. The minimum Gasteiger partial charge on any atom is -0.481 e. The van der Waals surface area contributed by atoms with Crippen LogP contribution in [0, 0.1) is 6.92 Å². The largest absolute Gasteiger partial charge is 0.481 e. The van der Waals surface area contributed by atoms with Crippen molar-refractivity contribution in [1.29, 1.82) is 0 Å². The van der Waals surface area contributed by atoms with Gasteiger partial charge in [0.15, 0.2) is 6.10 Å². The molecule has 0 fully saturated rings. The molecule has 0 aliphatic rings. The Morgan fingerprint density at radius 3 is 2.30 bits per heavy atom. The van der Waals surface area contributed by atoms with Crippen molar-refractivity contribution in [3.8, 4) is 5.75 Å². The molecule has 2 aromatic rings. The molecule has 3 nitrogen and oxygen atoms in total. The van der Waals surface area contributed by atoms with Crippen LogP contribution in [0.15, 0.2) is 48.5 Å². The van der Waals surface area contributed by atoms with Crippen molar-refractivity contribution in [2.24, 2.45) is 0 Å². The smallest absolute Gasteiger partial charge is 0.265 e. The molecule has 1 N–H and O–H groups in total. The lowest BCUT2D eigenvalue weighted by atomic mass is 9.87. The van der Waals surface area contributed by atoms with Crippen LogP contribution < -0.4 is 10.1 Å². The maximum absolute atomic E-state index is 12.2. The Kier molecular flexibility index (Phi) is 5.09. The van der Waals surface area contributed by atoms with Gasteiger partial charge in [0, 0.05) is 5.69 Å². The zero-order valence-electron chi connectivity index (χ0n) is 14.5. The molecule has 3 heteroatoms. The first-order valence-electron chi connectivity index (χ1n) is 7.90. The van der Waals surface area contributed by atoms with Crippen molar-refractivity contribution in [2.45, 2.75) is 46.1 Å². The molecule has 2 rings (SSSR count). The molecule has 0 saturated carbocycles. The molecule has 0 radical (unpaired) electrons. The molecule has 0 heterocycles. The monoisotopic (exact) mass is 311 g/mol. The summed E-state index contributed by atoms with van der Waals surface area (Å²) >= 11 is 0. The van der Waals surface area contributed by atoms with Crippen molar-refractivity contribution in [3.05, 3.63) is 59.7 Å². The Bertz CT molecular complexity index is 669. The standard InChI is InChI=1S/C20H25NO2/c1-14-7-6-8-18(13-14)23-15(2)19(22)21-17-11-9-16(10-12-17)20(3,4)5/h6-13,15H,1-5H3,(H,21,22). The van der Waals surface area contributed by atoms with Gasteiger partial charge >= 0.3 is 0 Å². The maximum atomic E-state index is 12.2. The number of carbonyl (C=O) groups is 1. The number of anilines is 1. The van der Waals surface area contributed by atoms with E-state index in [4.69, 9.17) is 4.74 Å². The molecule has 0 aromatic heterocycles. The molecule has 23 heavy (non-hydrogen) atoms. The number of hydrogen-bond donors (Lipinski definition) is 1. The predicted octanol–water partition coefficient (Wildman–Crippen LogP) is 4.70. The van der Waals surface area contributed by atoms with Gasteiger partial charge in [-0.25, -0.2) is 0 Å². The lowest BCUT2D eigenvalue weighted by molar-refractivity contribution is -0.122. The van der Waals surface area contributed by atoms with E-state index in [1.807, 2.05) is 55.5 Å². The molecule has 0 aliphatic carbocycles. The minimum atomic E-state index is -0.556. The normalized spacial score (nSPS) is 12.6. The number of rotatable bonds is 4. The van der Waals surface area contributed by atoms with Crippen LogP contribution in [0.1, 0.15) is 38.8 Å². The highest BCUT2D eigenvalue weighted by Gasteiger charge is 2.16. The molecule has 0 saturated heterocycles. The Labute approximate surface area is 138 Å². The van der Waals surface area contributed by atoms with Crippen LogP contribution in [0.25, 0.3) is 0 Å². The zero-order chi connectivity index (χ0) is 17.0. The van der Waals surface area contributed by atoms with E-state index in [1.54, 1.807) is 6.92 Å². The number of carbonyl (C=O) groups excluding carboxylic acids is 1. The molecule has 0 bridgehead atoms. The summed E-state index contributed by atoms with van der Waals surface area (Å²) in [6.07, 6.45) is -0.556. The van der Waals surface area contributed by atoms with Gasteiger partial charge in [-0.15, -0.1) is 0 Å². The molecule has 1 atom stereocenters. The van der Waals surface area contributed by atoms with E-state index in [2.05, 4.69) is 26.1 Å². The molecule has 1 unspecified atom stereocenters. The average molecular weight is 311 g/mol. The minimum absolute atomic E-state index is 0.101. The van der Waals surface area contributed by atoms with Crippen LogP contribution in [-0.2, 0) is 10.2 Å². The molecule has 0 spiro atoms. The summed E-state index contributed by atoms with van der Waals surface area (Å²) in [6, 6.07) is 15.6. The van der Waals surface area contributed by atoms with Gasteiger partial charge in [0.05, 0.1) is 0 Å². The first-order chi connectivity index (χ1) is 10.8. The molecule has 1 amide bonds. The summed E-state index contributed by atoms with van der Waals surface area (Å²) < 4.78 is 5.70. The van der Waals surface area contributed by atoms with Gasteiger partial charge in [-0.05, 0) is 54.7 Å². The summed E-state index contributed by atoms with van der Waals surface area (Å²) in [4.78, 5) is 12.2. The molecular weight excluding hydrogens is 286 g/mol. The lowest BCUT2D eigenvalue weighted by Gasteiger charge is -2.19. The number of nitrogens with one attached hydrogen (secondary N) is 1. The quantitative estimate of drug-likeness (QED) is 0.889. The van der Waals surface area contributed by atoms with Crippen molar-refractivity contribution < 1.29 is 9.53 Å². The van der Waals surface area contributed by atoms with Gasteiger partial charge < -0.3 is 10.1 Å². The fraction of sp³-hybridized carbons (Fsp3) is 0.350. The van der Waals surface area contributed by atoms with Crippen LogP contribution in [0.5, 0.6) is 5.75 Å². The number of benzene rings is 2. The van der Waals surface area contributed by atoms with E-state index < -0.39 is 6.10 Å². The summed E-state index contributed by atoms with van der Waals surface area (Å²) in [6.45, 7) is 10.2. The third kappa shape index (κ3) is 4.85. The van der Waals surface area contributed by atoms with E-state index in [1.165, 1.54) is 5.56 Å². The van der Waals surface area contributed by atoms with Crippen molar-refractivity contribution >= 4 is 11.6 Å². The van der Waals surface area contributed by atoms with Gasteiger partial charge in [0.2, 0.25) is 0 Å². The Balaban J connectivity index is 1.98. The van der Waals surface area contributed by atoms with Crippen LogP contribution in [0.3, 0.4) is 0 Å². The van der Waals surface area contributed by atoms with Gasteiger partial charge in [-0.2, -0.15) is 0 Å². The Hall–Kier alpha value is -2.29. The summed E-state index contributed by atoms with van der Waals surface area (Å²) in [5.74, 6) is 0.547. The third-order valence-electron chi connectivity index (χ3n) is 3.69. The lowest BCUT2D eigenvalue weighted by Crippen LogP contribution is -2.30. The second-order valence-electron chi connectivity index (χ2n) is 6.89. The van der Waals surface area contributed by atoms with Gasteiger partial charge in [0.25, 0.3) is 5.91 Å². The van der Waals surface area contributed by atoms with Crippen LogP contribution in [-0.4, -0.2) is 12.0 Å². The second-order valence-corrected chi connectivity index (χ2v) is 6.89. The van der Waals surface area contributed by atoms with Crippen LogP contribution >= 0.6 is 0 Å². The fourth-order valence-corrected chi connectivity index (χ4v) is 2.24.